The summed E-state index contributed by atoms with van der Waals surface area (Å²) in [5.41, 5.74) is 0.726. The van der Waals surface area contributed by atoms with E-state index in [4.69, 9.17) is 0 Å². The van der Waals surface area contributed by atoms with Crippen LogP contribution in [0.15, 0.2) is 21.8 Å². The molecule has 0 aromatic heterocycles. The van der Waals surface area contributed by atoms with Crippen molar-refractivity contribution in [1.82, 2.24) is 5.32 Å². The van der Waals surface area contributed by atoms with Crippen LogP contribution in [-0.4, -0.2) is 24.5 Å². The molecule has 1 atom stereocenters. The van der Waals surface area contributed by atoms with Crippen LogP contribution in [0.3, 0.4) is 0 Å². The van der Waals surface area contributed by atoms with Gasteiger partial charge < -0.3 is 5.32 Å². The van der Waals surface area contributed by atoms with Gasteiger partial charge in [0.05, 0.1) is 12.0 Å². The van der Waals surface area contributed by atoms with Crippen molar-refractivity contribution in [3.63, 3.8) is 0 Å². The maximum Gasteiger partial charge on any atom is 0.256 e. The molecule has 2 aliphatic rings. The number of nitrogens with zero attached hydrogens (tertiary/aromatic N) is 2. The fraction of sp³-hybridized carbons (Fsp3) is 0.167. The fourth-order valence-corrected chi connectivity index (χ4v) is 0.938. The van der Waals surface area contributed by atoms with Gasteiger partial charge in [-0.3, -0.25) is 9.79 Å². The molecule has 0 saturated carbocycles. The average Bonchev–Trinajstić information content (AvgIpc) is 2.36. The van der Waals surface area contributed by atoms with E-state index < -0.39 is 0 Å². The molecule has 10 heavy (non-hydrogen) atoms. The summed E-state index contributed by atoms with van der Waals surface area (Å²) in [6, 6.07) is -0.384. The summed E-state index contributed by atoms with van der Waals surface area (Å²) in [4.78, 5) is 18.7. The van der Waals surface area contributed by atoms with E-state index in [0.29, 0.717) is 0 Å². The highest BCUT2D eigenvalue weighted by Crippen LogP contribution is 2.14. The largest absolute Gasteiger partial charge is 0.315 e. The van der Waals surface area contributed by atoms with E-state index in [0.717, 1.165) is 5.70 Å². The minimum absolute atomic E-state index is 0.102. The van der Waals surface area contributed by atoms with E-state index in [9.17, 15) is 4.79 Å². The third-order valence-corrected chi connectivity index (χ3v) is 1.43. The molecule has 50 valence electrons. The predicted molar refractivity (Wildman–Crippen MR) is 37.0 cm³/mol. The number of nitrogens with one attached hydrogen (secondary N) is 1. The molecule has 4 nitrogen and oxygen atoms in total. The lowest BCUT2D eigenvalue weighted by molar-refractivity contribution is -0.120. The van der Waals surface area contributed by atoms with Gasteiger partial charge in [-0.25, -0.2) is 4.99 Å². The van der Waals surface area contributed by atoms with Gasteiger partial charge in [-0.2, -0.15) is 0 Å². The van der Waals surface area contributed by atoms with Crippen LogP contribution >= 0.6 is 0 Å². The van der Waals surface area contributed by atoms with E-state index in [1.54, 1.807) is 12.3 Å². The molecule has 0 bridgehead atoms. The van der Waals surface area contributed by atoms with Gasteiger partial charge in [0.25, 0.3) is 5.91 Å². The van der Waals surface area contributed by atoms with Crippen LogP contribution in [0.5, 0.6) is 0 Å². The van der Waals surface area contributed by atoms with Crippen LogP contribution < -0.4 is 5.32 Å². The van der Waals surface area contributed by atoms with Crippen LogP contribution in [0.1, 0.15) is 0 Å². The van der Waals surface area contributed by atoms with Crippen LogP contribution in [0, 0.1) is 0 Å². The van der Waals surface area contributed by atoms with Crippen molar-refractivity contribution in [3.8, 4) is 0 Å². The minimum atomic E-state index is -0.384. The normalized spacial score (nSPS) is 27.8. The molecule has 0 aromatic carbocycles. The quantitative estimate of drug-likeness (QED) is 0.477. The number of rotatable bonds is 0. The number of hydrogen-bond acceptors (Lipinski definition) is 3. The third-order valence-electron chi connectivity index (χ3n) is 1.43. The zero-order valence-electron chi connectivity index (χ0n) is 5.11. The van der Waals surface area contributed by atoms with E-state index in [2.05, 4.69) is 15.3 Å². The number of aliphatic imine (C=N–C) groups is 2. The van der Waals surface area contributed by atoms with Crippen molar-refractivity contribution in [2.75, 3.05) is 0 Å². The predicted octanol–water partition coefficient (Wildman–Crippen LogP) is -0.519. The average molecular weight is 135 g/mol. The monoisotopic (exact) mass is 135 g/mol. The first kappa shape index (κ1) is 5.34. The first-order valence-electron chi connectivity index (χ1n) is 2.94. The topological polar surface area (TPSA) is 53.8 Å². The Balaban J connectivity index is 2.41. The van der Waals surface area contributed by atoms with Gasteiger partial charge in [0.15, 0.2) is 6.04 Å². The standard InChI is InChI=1S/C6H5N3O/c10-6-5-4(1-2-7-5)8-3-9-6/h1-3,5H,(H,8,9,10). The highest BCUT2D eigenvalue weighted by molar-refractivity contribution is 6.00. The first-order chi connectivity index (χ1) is 4.88. The molecule has 1 amide bonds. The lowest BCUT2D eigenvalue weighted by atomic mass is 10.2. The van der Waals surface area contributed by atoms with E-state index in [1.807, 2.05) is 0 Å². The second kappa shape index (κ2) is 1.76. The Hall–Kier alpha value is -1.45. The molecule has 0 radical (unpaired) electrons. The number of allylic oxidation sites excluding steroid dienone is 1. The Morgan fingerprint density at radius 2 is 2.50 bits per heavy atom. The van der Waals surface area contributed by atoms with Gasteiger partial charge in [0, 0.05) is 6.21 Å². The van der Waals surface area contributed by atoms with E-state index >= 15 is 0 Å². The maximum atomic E-state index is 10.9. The molecule has 0 fully saturated rings. The van der Waals surface area contributed by atoms with Gasteiger partial charge in [-0.1, -0.05) is 0 Å². The lowest BCUT2D eigenvalue weighted by Gasteiger charge is -2.11. The summed E-state index contributed by atoms with van der Waals surface area (Å²) < 4.78 is 0. The molecule has 1 N–H and O–H groups in total. The van der Waals surface area contributed by atoms with Crippen LogP contribution in [-0.2, 0) is 4.79 Å². The molecule has 0 aromatic rings. The highest BCUT2D eigenvalue weighted by atomic mass is 16.2. The van der Waals surface area contributed by atoms with Crippen molar-refractivity contribution < 1.29 is 4.79 Å². The summed E-state index contributed by atoms with van der Waals surface area (Å²) in [5.74, 6) is -0.102. The Morgan fingerprint density at radius 3 is 3.30 bits per heavy atom. The Labute approximate surface area is 57.4 Å². The van der Waals surface area contributed by atoms with Crippen LogP contribution in [0.4, 0.5) is 0 Å². The summed E-state index contributed by atoms with van der Waals surface area (Å²) in [5, 5.41) is 2.47. The summed E-state index contributed by atoms with van der Waals surface area (Å²) >= 11 is 0. The minimum Gasteiger partial charge on any atom is -0.315 e. The Morgan fingerprint density at radius 1 is 1.60 bits per heavy atom. The summed E-state index contributed by atoms with van der Waals surface area (Å²) in [6.45, 7) is 0. The van der Waals surface area contributed by atoms with Crippen molar-refractivity contribution >= 4 is 18.5 Å². The van der Waals surface area contributed by atoms with Gasteiger partial charge in [-0.15, -0.1) is 0 Å². The van der Waals surface area contributed by atoms with Gasteiger partial charge in [0.2, 0.25) is 0 Å². The second-order valence-corrected chi connectivity index (χ2v) is 2.06. The molecule has 2 rings (SSSR count). The number of carbonyl (C=O) groups excluding carboxylic acids is 1. The molecular formula is C6H5N3O. The molecule has 2 aliphatic heterocycles. The van der Waals surface area contributed by atoms with Crippen molar-refractivity contribution in [2.24, 2.45) is 9.98 Å². The van der Waals surface area contributed by atoms with E-state index in [1.165, 1.54) is 6.34 Å². The van der Waals surface area contributed by atoms with E-state index in [-0.39, 0.29) is 11.9 Å². The third kappa shape index (κ3) is 0.586. The summed E-state index contributed by atoms with van der Waals surface area (Å²) in [7, 11) is 0. The first-order valence-corrected chi connectivity index (χ1v) is 2.94. The van der Waals surface area contributed by atoms with Crippen molar-refractivity contribution in [3.05, 3.63) is 11.8 Å². The van der Waals surface area contributed by atoms with Crippen LogP contribution in [0.25, 0.3) is 0 Å². The molecule has 0 saturated heterocycles. The zero-order chi connectivity index (χ0) is 6.97. The highest BCUT2D eigenvalue weighted by Gasteiger charge is 2.25. The fourth-order valence-electron chi connectivity index (χ4n) is 0.938. The smallest absolute Gasteiger partial charge is 0.256 e. The van der Waals surface area contributed by atoms with Crippen LogP contribution in [0.2, 0.25) is 0 Å². The molecule has 1 unspecified atom stereocenters. The second-order valence-electron chi connectivity index (χ2n) is 2.06. The molecule has 0 spiro atoms. The SMILES string of the molecule is O=C1NC=NC2=CC=NC12. The lowest BCUT2D eigenvalue weighted by Crippen LogP contribution is -2.36. The number of fused-ring (bicyclic) bond motifs is 1. The molecule has 2 heterocycles. The number of hydrogen-bond donors (Lipinski definition) is 1. The molecule has 0 aliphatic carbocycles. The van der Waals surface area contributed by atoms with Crippen molar-refractivity contribution in [1.29, 1.82) is 0 Å². The van der Waals surface area contributed by atoms with Crippen molar-refractivity contribution in [2.45, 2.75) is 6.04 Å². The number of amides is 1. The molecular weight excluding hydrogens is 130 g/mol. The Kier molecular flexibility index (Phi) is 0.943. The van der Waals surface area contributed by atoms with Gasteiger partial charge >= 0.3 is 0 Å². The Bertz CT molecular complexity index is 264. The number of carbonyl (C=O) groups is 1. The molecule has 4 heteroatoms. The zero-order valence-corrected chi connectivity index (χ0v) is 5.11. The van der Waals surface area contributed by atoms with Gasteiger partial charge in [-0.05, 0) is 6.08 Å². The summed E-state index contributed by atoms with van der Waals surface area (Å²) in [6.07, 6.45) is 4.72. The van der Waals surface area contributed by atoms with Gasteiger partial charge in [0.1, 0.15) is 0 Å². The maximum absolute atomic E-state index is 10.9.